The third kappa shape index (κ3) is 9.75. The van der Waals surface area contributed by atoms with E-state index in [2.05, 4.69) is 0 Å². The first-order valence-electron chi connectivity index (χ1n) is 9.72. The number of halogens is 27. The van der Waals surface area contributed by atoms with Crippen molar-refractivity contribution in [3.63, 3.8) is 0 Å². The van der Waals surface area contributed by atoms with Gasteiger partial charge in [-0.2, -0.15) is 119 Å². The lowest BCUT2D eigenvalue weighted by Crippen LogP contribution is -2.62. The van der Waals surface area contributed by atoms with Crippen molar-refractivity contribution in [3.05, 3.63) is 0 Å². The zero-order valence-electron chi connectivity index (χ0n) is 20.3. The van der Waals surface area contributed by atoms with Gasteiger partial charge < -0.3 is 5.11 Å². The molecule has 0 fully saturated rings. The predicted molar refractivity (Wildman–Crippen MR) is 79.0 cm³/mol. The first-order valence-corrected chi connectivity index (χ1v) is 9.72. The largest absolute Gasteiger partial charge is 0.483 e. The van der Waals surface area contributed by atoms with Crippen LogP contribution in [-0.4, -0.2) is 91.2 Å². The SMILES string of the molecule is OCC(F)(F)OC(F)(F)C(F)(F)OC(F)(F)C(F)(F)OC(F)(F)C(F)(F)OC(F)(F)C(F)(F)OC(F)(F)C(F)(F)OC(F)(F)C(F)(F)F. The van der Waals surface area contributed by atoms with Crippen LogP contribution in [0.15, 0.2) is 0 Å². The van der Waals surface area contributed by atoms with Crippen LogP contribution in [0.5, 0.6) is 0 Å². The maximum absolute atomic E-state index is 13.4. The summed E-state index contributed by atoms with van der Waals surface area (Å²) >= 11 is 0. The molecule has 0 aliphatic rings. The topological polar surface area (TPSA) is 75.6 Å². The molecule has 0 aromatic heterocycles. The Morgan fingerprint density at radius 2 is 0.396 bits per heavy atom. The molecule has 0 rings (SSSR count). The van der Waals surface area contributed by atoms with Crippen molar-refractivity contribution in [1.82, 2.24) is 0 Å². The van der Waals surface area contributed by atoms with Gasteiger partial charge in [0, 0.05) is 0 Å². The number of aliphatic hydroxyl groups excluding tert-OH is 1. The summed E-state index contributed by atoms with van der Waals surface area (Å²) in [6, 6.07) is 0. The molecule has 0 aliphatic heterocycles. The average molecular weight is 796 g/mol. The Balaban J connectivity index is 6.27. The van der Waals surface area contributed by atoms with Crippen LogP contribution in [0, 0.1) is 0 Å². The summed E-state index contributed by atoms with van der Waals surface area (Å²) in [4.78, 5) is 0. The van der Waals surface area contributed by atoms with Crippen LogP contribution in [0.1, 0.15) is 0 Å². The van der Waals surface area contributed by atoms with Crippen molar-refractivity contribution in [2.75, 3.05) is 6.61 Å². The molecule has 34 heteroatoms. The van der Waals surface area contributed by atoms with Crippen LogP contribution in [0.3, 0.4) is 0 Å². The van der Waals surface area contributed by atoms with Crippen molar-refractivity contribution >= 4 is 0 Å². The third-order valence-corrected chi connectivity index (χ3v) is 3.77. The van der Waals surface area contributed by atoms with Crippen LogP contribution >= 0.6 is 0 Å². The van der Waals surface area contributed by atoms with Gasteiger partial charge >= 0.3 is 79.5 Å². The highest BCUT2D eigenvalue weighted by atomic mass is 19.4. The lowest BCUT2D eigenvalue weighted by atomic mass is 10.4. The highest BCUT2D eigenvalue weighted by molar-refractivity contribution is 4.82. The molecule has 0 atom stereocenters. The van der Waals surface area contributed by atoms with Crippen molar-refractivity contribution in [3.8, 4) is 0 Å². The third-order valence-electron chi connectivity index (χ3n) is 3.77. The molecule has 48 heavy (non-hydrogen) atoms. The molecule has 0 radical (unpaired) electrons. The first kappa shape index (κ1) is 45.8. The van der Waals surface area contributed by atoms with E-state index in [1.165, 1.54) is 4.74 Å². The molecule has 0 saturated heterocycles. The summed E-state index contributed by atoms with van der Waals surface area (Å²) in [6.07, 6.45) is -101. The van der Waals surface area contributed by atoms with E-state index in [9.17, 15) is 119 Å². The Kier molecular flexibility index (Phi) is 12.0. The molecule has 0 amide bonds. The van der Waals surface area contributed by atoms with Crippen LogP contribution in [0.25, 0.3) is 0 Å². The summed E-state index contributed by atoms with van der Waals surface area (Å²) in [6.45, 7) is -3.02. The summed E-state index contributed by atoms with van der Waals surface area (Å²) < 4.78 is 357. The first-order chi connectivity index (χ1) is 20.3. The van der Waals surface area contributed by atoms with Crippen LogP contribution in [0.4, 0.5) is 119 Å². The lowest BCUT2D eigenvalue weighted by molar-refractivity contribution is -0.595. The van der Waals surface area contributed by atoms with E-state index in [4.69, 9.17) is 5.11 Å². The average Bonchev–Trinajstić information content (AvgIpc) is 2.73. The number of ether oxygens (including phenoxy) is 6. The maximum Gasteiger partial charge on any atom is 0.483 e. The van der Waals surface area contributed by atoms with Crippen molar-refractivity contribution in [2.45, 2.75) is 79.5 Å². The van der Waals surface area contributed by atoms with Crippen LogP contribution in [0.2, 0.25) is 0 Å². The van der Waals surface area contributed by atoms with Gasteiger partial charge in [0.1, 0.15) is 6.61 Å². The molecule has 0 aromatic rings. The normalized spacial score (nSPS) is 16.5. The maximum atomic E-state index is 13.4. The molecule has 0 spiro atoms. The molecule has 0 unspecified atom stereocenters. The fourth-order valence-electron chi connectivity index (χ4n) is 1.68. The van der Waals surface area contributed by atoms with Gasteiger partial charge in [0.15, 0.2) is 0 Å². The number of hydrogen-bond acceptors (Lipinski definition) is 7. The van der Waals surface area contributed by atoms with Gasteiger partial charge in [0.25, 0.3) is 0 Å². The highest BCUT2D eigenvalue weighted by Crippen LogP contribution is 2.54. The minimum atomic E-state index is -8.26. The van der Waals surface area contributed by atoms with E-state index in [1.807, 2.05) is 0 Å². The van der Waals surface area contributed by atoms with Gasteiger partial charge in [0.2, 0.25) is 0 Å². The lowest BCUT2D eigenvalue weighted by Gasteiger charge is -2.37. The summed E-state index contributed by atoms with van der Waals surface area (Å²) in [5.74, 6) is 0. The zero-order valence-corrected chi connectivity index (χ0v) is 20.3. The predicted octanol–water partition coefficient (Wildman–Crippen LogP) is 7.75. The second kappa shape index (κ2) is 12.6. The van der Waals surface area contributed by atoms with Crippen molar-refractivity contribution < 1.29 is 152 Å². The fraction of sp³-hybridized carbons (Fsp3) is 1.00. The molecule has 7 nitrogen and oxygen atoms in total. The van der Waals surface area contributed by atoms with Gasteiger partial charge in [-0.15, -0.1) is 0 Å². The van der Waals surface area contributed by atoms with E-state index in [1.54, 1.807) is 4.74 Å². The van der Waals surface area contributed by atoms with Gasteiger partial charge in [-0.3, -0.25) is 0 Å². The summed E-state index contributed by atoms with van der Waals surface area (Å²) in [5.41, 5.74) is 0. The summed E-state index contributed by atoms with van der Waals surface area (Å²) in [5, 5.41) is 7.88. The molecule has 0 heterocycles. The molecule has 1 N–H and O–H groups in total. The number of aliphatic hydroxyl groups is 1. The van der Waals surface area contributed by atoms with Gasteiger partial charge in [-0.05, 0) is 0 Å². The second-order valence-electron chi connectivity index (χ2n) is 7.59. The van der Waals surface area contributed by atoms with Gasteiger partial charge in [-0.1, -0.05) is 0 Å². The minimum absolute atomic E-state index is 1.07. The Hall–Kier alpha value is -2.17. The minimum Gasteiger partial charge on any atom is -0.387 e. The highest BCUT2D eigenvalue weighted by Gasteiger charge is 2.80. The van der Waals surface area contributed by atoms with Crippen LogP contribution in [-0.2, 0) is 28.4 Å². The smallest absolute Gasteiger partial charge is 0.387 e. The van der Waals surface area contributed by atoms with E-state index in [0.717, 1.165) is 18.9 Å². The van der Waals surface area contributed by atoms with Crippen LogP contribution < -0.4 is 0 Å². The Bertz CT molecular complexity index is 1100. The number of rotatable bonds is 18. The van der Waals surface area contributed by atoms with Gasteiger partial charge in [-0.25, -0.2) is 28.4 Å². The molecule has 290 valence electrons. The molecular formula is C14H3F27O7. The van der Waals surface area contributed by atoms with E-state index in [-0.39, 0.29) is 0 Å². The molecule has 0 aromatic carbocycles. The monoisotopic (exact) mass is 796 g/mol. The number of hydrogen-bond donors (Lipinski definition) is 1. The quantitative estimate of drug-likeness (QED) is 0.142. The van der Waals surface area contributed by atoms with Crippen molar-refractivity contribution in [1.29, 1.82) is 0 Å². The summed E-state index contributed by atoms with van der Waals surface area (Å²) in [7, 11) is 0. The van der Waals surface area contributed by atoms with E-state index >= 15 is 0 Å². The van der Waals surface area contributed by atoms with Gasteiger partial charge in [0.05, 0.1) is 0 Å². The molecule has 0 bridgehead atoms. The van der Waals surface area contributed by atoms with E-state index in [0.29, 0.717) is 0 Å². The zero-order chi connectivity index (χ0) is 39.4. The Labute approximate surface area is 239 Å². The van der Waals surface area contributed by atoms with E-state index < -0.39 is 86.1 Å². The fourth-order valence-corrected chi connectivity index (χ4v) is 1.68. The standard InChI is InChI=1S/C14H3F27O7/c15-2(16,1-42)43-5(22,23)6(24,25)45-9(30,31)10(32,33)47-13(38,39)14(40,41)48-12(36,37)11(34,35)46-8(28,29)7(26,27)44-4(20,21)3(17,18)19/h42H,1H2. The molecule has 0 aliphatic carbocycles. The van der Waals surface area contributed by atoms with Crippen molar-refractivity contribution in [2.24, 2.45) is 0 Å². The second-order valence-corrected chi connectivity index (χ2v) is 7.59. The number of alkyl halides is 27. The molecular weight excluding hydrogens is 793 g/mol. The Morgan fingerprint density at radius 1 is 0.250 bits per heavy atom. The molecule has 0 saturated carbocycles. The Morgan fingerprint density at radius 3 is 0.542 bits per heavy atom.